The second kappa shape index (κ2) is 11.1. The SMILES string of the molecule is CCC1CN(c2ccc(N3CCN(CCCOc4ccc5c(c4)B(O)O[C@@H]5CC)CC3)cc2)C(=O)O1. The van der Waals surface area contributed by atoms with Crippen LogP contribution in [-0.4, -0.2) is 75.1 Å². The van der Waals surface area contributed by atoms with Crippen LogP contribution < -0.4 is 20.0 Å². The predicted octanol–water partition coefficient (Wildman–Crippen LogP) is 3.18. The van der Waals surface area contributed by atoms with Crippen LogP contribution in [0.1, 0.15) is 44.8 Å². The van der Waals surface area contributed by atoms with Crippen molar-refractivity contribution in [3.63, 3.8) is 0 Å². The molecule has 0 spiro atoms. The summed E-state index contributed by atoms with van der Waals surface area (Å²) in [6.07, 6.45) is 2.34. The number of ether oxygens (including phenoxy) is 2. The van der Waals surface area contributed by atoms with E-state index < -0.39 is 7.12 Å². The molecule has 5 rings (SSSR count). The van der Waals surface area contributed by atoms with E-state index in [-0.39, 0.29) is 18.3 Å². The zero-order chi connectivity index (χ0) is 25.1. The van der Waals surface area contributed by atoms with Crippen molar-refractivity contribution in [1.29, 1.82) is 0 Å². The Hall–Kier alpha value is -2.75. The molecule has 1 amide bonds. The molecule has 8 nitrogen and oxygen atoms in total. The Morgan fingerprint density at radius 3 is 2.47 bits per heavy atom. The van der Waals surface area contributed by atoms with Crippen LogP contribution in [0.25, 0.3) is 0 Å². The molecule has 2 atom stereocenters. The van der Waals surface area contributed by atoms with E-state index in [9.17, 15) is 9.82 Å². The quantitative estimate of drug-likeness (QED) is 0.425. The minimum absolute atomic E-state index is 0.0138. The summed E-state index contributed by atoms with van der Waals surface area (Å²) in [6, 6.07) is 14.1. The van der Waals surface area contributed by atoms with Crippen molar-refractivity contribution in [2.45, 2.75) is 45.3 Å². The molecule has 0 aliphatic carbocycles. The standard InChI is InChI=1S/C27H36BN3O5/c1-3-22-19-31(27(32)35-22)21-8-6-20(7-9-21)30-15-13-29(14-16-30)12-5-17-34-23-10-11-24-25(18-23)28(33)36-26(24)4-2/h6-11,18,22,26,33H,3-5,12-17,19H2,1-2H3/t22?,26-/m1/s1. The van der Waals surface area contributed by atoms with Crippen molar-refractivity contribution >= 4 is 30.0 Å². The van der Waals surface area contributed by atoms with Crippen molar-refractivity contribution in [2.75, 3.05) is 55.7 Å². The molecular weight excluding hydrogens is 457 g/mol. The maximum atomic E-state index is 12.1. The number of piperazine rings is 1. The molecule has 192 valence electrons. The van der Waals surface area contributed by atoms with Gasteiger partial charge in [-0.3, -0.25) is 9.80 Å². The Kier molecular flexibility index (Phi) is 7.69. The first-order valence-corrected chi connectivity index (χ1v) is 13.2. The van der Waals surface area contributed by atoms with E-state index in [0.29, 0.717) is 13.2 Å². The zero-order valence-electron chi connectivity index (χ0n) is 21.3. The zero-order valence-corrected chi connectivity index (χ0v) is 21.3. The van der Waals surface area contributed by atoms with E-state index in [1.54, 1.807) is 4.90 Å². The van der Waals surface area contributed by atoms with Gasteiger partial charge in [-0.2, -0.15) is 0 Å². The molecule has 3 aliphatic heterocycles. The third-order valence-electron chi connectivity index (χ3n) is 7.45. The van der Waals surface area contributed by atoms with Gasteiger partial charge in [-0.1, -0.05) is 19.9 Å². The largest absolute Gasteiger partial charge is 0.494 e. The van der Waals surface area contributed by atoms with E-state index in [0.717, 1.165) is 74.4 Å². The van der Waals surface area contributed by atoms with Gasteiger partial charge in [0.2, 0.25) is 0 Å². The summed E-state index contributed by atoms with van der Waals surface area (Å²) in [6.45, 7) is 10.3. The molecule has 2 saturated heterocycles. The Balaban J connectivity index is 1.04. The topological polar surface area (TPSA) is 74.7 Å². The molecule has 2 aromatic rings. The van der Waals surface area contributed by atoms with E-state index >= 15 is 0 Å². The van der Waals surface area contributed by atoms with Gasteiger partial charge in [0.25, 0.3) is 0 Å². The summed E-state index contributed by atoms with van der Waals surface area (Å²) < 4.78 is 16.9. The van der Waals surface area contributed by atoms with Crippen molar-refractivity contribution in [2.24, 2.45) is 0 Å². The molecule has 0 bridgehead atoms. The number of carbonyl (C=O) groups excluding carboxylic acids is 1. The van der Waals surface area contributed by atoms with Crippen LogP contribution >= 0.6 is 0 Å². The van der Waals surface area contributed by atoms with Gasteiger partial charge in [0.1, 0.15) is 11.9 Å². The predicted molar refractivity (Wildman–Crippen MR) is 141 cm³/mol. The average Bonchev–Trinajstić information content (AvgIpc) is 3.46. The van der Waals surface area contributed by atoms with Crippen LogP contribution in [0.5, 0.6) is 5.75 Å². The average molecular weight is 493 g/mol. The first-order valence-electron chi connectivity index (χ1n) is 13.2. The molecule has 36 heavy (non-hydrogen) atoms. The molecule has 0 aromatic heterocycles. The highest BCUT2D eigenvalue weighted by atomic mass is 16.6. The van der Waals surface area contributed by atoms with Crippen LogP contribution in [-0.2, 0) is 9.39 Å². The highest BCUT2D eigenvalue weighted by Crippen LogP contribution is 2.29. The maximum Gasteiger partial charge on any atom is 0.492 e. The smallest absolute Gasteiger partial charge is 0.492 e. The monoisotopic (exact) mass is 493 g/mol. The van der Waals surface area contributed by atoms with Crippen LogP contribution in [0.2, 0.25) is 0 Å². The second-order valence-corrected chi connectivity index (χ2v) is 9.75. The normalized spacial score (nSPS) is 22.2. The molecule has 2 fully saturated rings. The minimum Gasteiger partial charge on any atom is -0.494 e. The van der Waals surface area contributed by atoms with E-state index in [4.69, 9.17) is 14.1 Å². The summed E-state index contributed by atoms with van der Waals surface area (Å²) in [5, 5.41) is 10.1. The van der Waals surface area contributed by atoms with Gasteiger partial charge in [-0.15, -0.1) is 0 Å². The molecule has 0 radical (unpaired) electrons. The number of amides is 1. The Labute approximate surface area is 213 Å². The lowest BCUT2D eigenvalue weighted by Gasteiger charge is -2.36. The van der Waals surface area contributed by atoms with Crippen molar-refractivity contribution in [1.82, 2.24) is 4.90 Å². The molecule has 3 heterocycles. The van der Waals surface area contributed by atoms with Gasteiger partial charge in [0.05, 0.1) is 19.3 Å². The molecule has 9 heteroatoms. The van der Waals surface area contributed by atoms with Gasteiger partial charge in [0, 0.05) is 44.1 Å². The summed E-state index contributed by atoms with van der Waals surface area (Å²) >= 11 is 0. The van der Waals surface area contributed by atoms with Crippen LogP contribution in [0.4, 0.5) is 16.2 Å². The van der Waals surface area contributed by atoms with Crippen molar-refractivity contribution in [3.8, 4) is 5.75 Å². The van der Waals surface area contributed by atoms with Crippen LogP contribution in [0, 0.1) is 0 Å². The lowest BCUT2D eigenvalue weighted by molar-refractivity contribution is 0.139. The fourth-order valence-electron chi connectivity index (χ4n) is 5.26. The van der Waals surface area contributed by atoms with Crippen LogP contribution in [0.15, 0.2) is 42.5 Å². The number of hydrogen-bond donors (Lipinski definition) is 1. The number of fused-ring (bicyclic) bond motifs is 1. The summed E-state index contributed by atoms with van der Waals surface area (Å²) in [5.74, 6) is 0.786. The van der Waals surface area contributed by atoms with E-state index in [1.165, 1.54) is 5.69 Å². The van der Waals surface area contributed by atoms with Crippen molar-refractivity contribution < 1.29 is 23.9 Å². The third kappa shape index (κ3) is 5.33. The molecule has 3 aliphatic rings. The third-order valence-corrected chi connectivity index (χ3v) is 7.45. The number of nitrogens with zero attached hydrogens (tertiary/aromatic N) is 3. The lowest BCUT2D eigenvalue weighted by atomic mass is 9.79. The summed E-state index contributed by atoms with van der Waals surface area (Å²) in [7, 11) is -0.855. The lowest BCUT2D eigenvalue weighted by Crippen LogP contribution is -2.46. The van der Waals surface area contributed by atoms with Gasteiger partial charge in [0.15, 0.2) is 0 Å². The highest BCUT2D eigenvalue weighted by molar-refractivity contribution is 6.61. The molecule has 1 unspecified atom stereocenters. The highest BCUT2D eigenvalue weighted by Gasteiger charge is 2.34. The summed E-state index contributed by atoms with van der Waals surface area (Å²) in [5.41, 5.74) is 3.98. The Bertz CT molecular complexity index is 1040. The second-order valence-electron chi connectivity index (χ2n) is 9.75. The first kappa shape index (κ1) is 24.9. The van der Waals surface area contributed by atoms with E-state index in [2.05, 4.69) is 28.9 Å². The maximum absolute atomic E-state index is 12.1. The minimum atomic E-state index is -0.855. The van der Waals surface area contributed by atoms with Gasteiger partial charge >= 0.3 is 13.2 Å². The number of benzene rings is 2. The summed E-state index contributed by atoms with van der Waals surface area (Å²) in [4.78, 5) is 18.7. The van der Waals surface area contributed by atoms with Gasteiger partial charge in [-0.25, -0.2) is 4.79 Å². The Morgan fingerprint density at radius 1 is 1.03 bits per heavy atom. The first-order chi connectivity index (χ1) is 17.6. The molecular formula is C27H36BN3O5. The van der Waals surface area contributed by atoms with Gasteiger partial charge < -0.3 is 24.1 Å². The number of hydrogen-bond acceptors (Lipinski definition) is 7. The molecule has 2 aromatic carbocycles. The fraction of sp³-hybridized carbons (Fsp3) is 0.519. The molecule has 1 N–H and O–H groups in total. The van der Waals surface area contributed by atoms with Crippen LogP contribution in [0.3, 0.4) is 0 Å². The van der Waals surface area contributed by atoms with Crippen molar-refractivity contribution in [3.05, 3.63) is 48.0 Å². The number of carbonyl (C=O) groups is 1. The van der Waals surface area contributed by atoms with Gasteiger partial charge in [-0.05, 0) is 66.7 Å². The Morgan fingerprint density at radius 2 is 1.78 bits per heavy atom. The number of anilines is 2. The fourth-order valence-corrected chi connectivity index (χ4v) is 5.26. The number of cyclic esters (lactones) is 1. The van der Waals surface area contributed by atoms with E-state index in [1.807, 2.05) is 37.3 Å². The molecule has 0 saturated carbocycles. The number of rotatable bonds is 9.